The zero-order valence-corrected chi connectivity index (χ0v) is 14.1. The fraction of sp³-hybridized carbons (Fsp3) is 0.200. The van der Waals surface area contributed by atoms with Crippen molar-refractivity contribution in [2.45, 2.75) is 18.7 Å². The van der Waals surface area contributed by atoms with Gasteiger partial charge in [0.1, 0.15) is 5.82 Å². The van der Waals surface area contributed by atoms with Crippen LogP contribution in [0.3, 0.4) is 0 Å². The number of rotatable bonds is 4. The maximum Gasteiger partial charge on any atom is 0.264 e. The fourth-order valence-corrected chi connectivity index (χ4v) is 4.31. The maximum absolute atomic E-state index is 13.0. The van der Waals surface area contributed by atoms with Gasteiger partial charge < -0.3 is 0 Å². The quantitative estimate of drug-likeness (QED) is 0.810. The van der Waals surface area contributed by atoms with Crippen LogP contribution < -0.4 is 4.31 Å². The average Bonchev–Trinajstić information content (AvgIpc) is 2.44. The molecule has 2 rings (SSSR count). The highest BCUT2D eigenvalue weighted by Crippen LogP contribution is 2.27. The van der Waals surface area contributed by atoms with Gasteiger partial charge in [-0.1, -0.05) is 22.0 Å². The Morgan fingerprint density at radius 1 is 1.14 bits per heavy atom. The number of nitrogens with zero attached hydrogens (tertiary/aromatic N) is 1. The van der Waals surface area contributed by atoms with Crippen LogP contribution in [0.25, 0.3) is 0 Å². The molecular weight excluding hydrogens is 357 g/mol. The lowest BCUT2D eigenvalue weighted by Gasteiger charge is -2.24. The predicted molar refractivity (Wildman–Crippen MR) is 85.5 cm³/mol. The van der Waals surface area contributed by atoms with Crippen LogP contribution >= 0.6 is 15.9 Å². The molecule has 2 aromatic rings. The van der Waals surface area contributed by atoms with Gasteiger partial charge in [-0.3, -0.25) is 4.31 Å². The van der Waals surface area contributed by atoms with Gasteiger partial charge in [-0.05, 0) is 55.8 Å². The van der Waals surface area contributed by atoms with Gasteiger partial charge in [-0.15, -0.1) is 0 Å². The molecule has 0 heterocycles. The number of anilines is 1. The van der Waals surface area contributed by atoms with E-state index >= 15 is 0 Å². The third kappa shape index (κ3) is 3.27. The highest BCUT2D eigenvalue weighted by Gasteiger charge is 2.25. The van der Waals surface area contributed by atoms with Crippen molar-refractivity contribution in [3.63, 3.8) is 0 Å². The molecule has 0 bridgehead atoms. The Labute approximate surface area is 132 Å². The molecule has 0 amide bonds. The maximum atomic E-state index is 13.0. The Kier molecular flexibility index (Phi) is 4.68. The van der Waals surface area contributed by atoms with Crippen LogP contribution in [0.15, 0.2) is 51.8 Å². The number of aryl methyl sites for hydroxylation is 1. The van der Waals surface area contributed by atoms with Gasteiger partial charge >= 0.3 is 0 Å². The van der Waals surface area contributed by atoms with E-state index in [-0.39, 0.29) is 11.4 Å². The van der Waals surface area contributed by atoms with Crippen molar-refractivity contribution < 1.29 is 12.8 Å². The molecule has 21 heavy (non-hydrogen) atoms. The minimum absolute atomic E-state index is 0.239. The molecule has 0 aromatic heterocycles. The normalized spacial score (nSPS) is 11.4. The van der Waals surface area contributed by atoms with Crippen LogP contribution in [0.1, 0.15) is 12.5 Å². The average molecular weight is 372 g/mol. The Balaban J connectivity index is 2.54. The van der Waals surface area contributed by atoms with Crippen molar-refractivity contribution in [3.8, 4) is 0 Å². The standard InChI is InChI=1S/C15H15BrFNO2S/c1-3-18(14-8-6-13(17)7-9-14)21(19,20)15-10-12(16)5-4-11(15)2/h4-10H,3H2,1-2H3. The first-order chi connectivity index (χ1) is 9.86. The molecule has 0 aliphatic heterocycles. The van der Waals surface area contributed by atoms with Crippen LogP contribution in [0.4, 0.5) is 10.1 Å². The molecule has 0 aliphatic carbocycles. The lowest BCUT2D eigenvalue weighted by Crippen LogP contribution is -2.31. The summed E-state index contributed by atoms with van der Waals surface area (Å²) in [6, 6.07) is 10.5. The van der Waals surface area contributed by atoms with Gasteiger partial charge in [-0.2, -0.15) is 0 Å². The Hall–Kier alpha value is -1.40. The smallest absolute Gasteiger partial charge is 0.264 e. The zero-order chi connectivity index (χ0) is 15.6. The second kappa shape index (κ2) is 6.15. The minimum Gasteiger partial charge on any atom is -0.267 e. The van der Waals surface area contributed by atoms with Crippen molar-refractivity contribution in [3.05, 3.63) is 58.3 Å². The third-order valence-corrected chi connectivity index (χ3v) is 5.66. The topological polar surface area (TPSA) is 37.4 Å². The lowest BCUT2D eigenvalue weighted by atomic mass is 10.2. The molecule has 0 spiro atoms. The summed E-state index contributed by atoms with van der Waals surface area (Å²) < 4.78 is 40.6. The highest BCUT2D eigenvalue weighted by molar-refractivity contribution is 9.10. The molecule has 0 saturated heterocycles. The molecule has 112 valence electrons. The number of hydrogen-bond donors (Lipinski definition) is 0. The van der Waals surface area contributed by atoms with E-state index in [2.05, 4.69) is 15.9 Å². The van der Waals surface area contributed by atoms with Gasteiger partial charge in [0, 0.05) is 11.0 Å². The summed E-state index contributed by atoms with van der Waals surface area (Å²) in [4.78, 5) is 0.239. The summed E-state index contributed by atoms with van der Waals surface area (Å²) in [6.45, 7) is 3.76. The predicted octanol–water partition coefficient (Wildman–Crippen LogP) is 4.11. The van der Waals surface area contributed by atoms with E-state index in [0.717, 1.165) is 0 Å². The zero-order valence-electron chi connectivity index (χ0n) is 11.7. The first-order valence-electron chi connectivity index (χ1n) is 6.40. The van der Waals surface area contributed by atoms with E-state index in [9.17, 15) is 12.8 Å². The van der Waals surface area contributed by atoms with Crippen LogP contribution in [0, 0.1) is 12.7 Å². The van der Waals surface area contributed by atoms with E-state index in [0.29, 0.717) is 15.7 Å². The number of halogens is 2. The number of benzene rings is 2. The largest absolute Gasteiger partial charge is 0.267 e. The van der Waals surface area contributed by atoms with E-state index in [1.165, 1.54) is 28.6 Å². The molecule has 2 aromatic carbocycles. The summed E-state index contributed by atoms with van der Waals surface area (Å²) >= 11 is 3.29. The summed E-state index contributed by atoms with van der Waals surface area (Å²) in [7, 11) is -3.69. The second-order valence-corrected chi connectivity index (χ2v) is 7.30. The summed E-state index contributed by atoms with van der Waals surface area (Å²) in [6.07, 6.45) is 0. The second-order valence-electron chi connectivity index (χ2n) is 4.56. The Morgan fingerprint density at radius 3 is 2.33 bits per heavy atom. The Morgan fingerprint density at radius 2 is 1.76 bits per heavy atom. The molecule has 0 unspecified atom stereocenters. The minimum atomic E-state index is -3.69. The van der Waals surface area contributed by atoms with E-state index in [1.807, 2.05) is 0 Å². The van der Waals surface area contributed by atoms with E-state index in [1.54, 1.807) is 32.0 Å². The summed E-state index contributed by atoms with van der Waals surface area (Å²) in [5.74, 6) is -0.397. The van der Waals surface area contributed by atoms with Crippen molar-refractivity contribution in [1.29, 1.82) is 0 Å². The van der Waals surface area contributed by atoms with Crippen molar-refractivity contribution in [2.24, 2.45) is 0 Å². The molecular formula is C15H15BrFNO2S. The first-order valence-corrected chi connectivity index (χ1v) is 8.64. The van der Waals surface area contributed by atoms with Gasteiger partial charge in [0.25, 0.3) is 10.0 Å². The van der Waals surface area contributed by atoms with Crippen LogP contribution in [0.2, 0.25) is 0 Å². The highest BCUT2D eigenvalue weighted by atomic mass is 79.9. The van der Waals surface area contributed by atoms with Gasteiger partial charge in [0.15, 0.2) is 0 Å². The number of hydrogen-bond acceptors (Lipinski definition) is 2. The molecule has 0 saturated carbocycles. The molecule has 0 N–H and O–H groups in total. The third-order valence-electron chi connectivity index (χ3n) is 3.12. The molecule has 0 fully saturated rings. The van der Waals surface area contributed by atoms with Crippen molar-refractivity contribution >= 4 is 31.6 Å². The molecule has 3 nitrogen and oxygen atoms in total. The van der Waals surface area contributed by atoms with Crippen molar-refractivity contribution in [1.82, 2.24) is 0 Å². The van der Waals surface area contributed by atoms with E-state index < -0.39 is 15.8 Å². The fourth-order valence-electron chi connectivity index (χ4n) is 2.07. The SMILES string of the molecule is CCN(c1ccc(F)cc1)S(=O)(=O)c1cc(Br)ccc1C. The molecule has 0 atom stereocenters. The van der Waals surface area contributed by atoms with Crippen molar-refractivity contribution in [2.75, 3.05) is 10.8 Å². The lowest BCUT2D eigenvalue weighted by molar-refractivity contribution is 0.591. The first kappa shape index (κ1) is 16.0. The number of sulfonamides is 1. The summed E-state index contributed by atoms with van der Waals surface area (Å²) in [5.41, 5.74) is 1.11. The van der Waals surface area contributed by atoms with Crippen LogP contribution in [0.5, 0.6) is 0 Å². The Bertz CT molecular complexity index is 745. The van der Waals surface area contributed by atoms with E-state index in [4.69, 9.17) is 0 Å². The summed E-state index contributed by atoms with van der Waals surface area (Å²) in [5, 5.41) is 0. The van der Waals surface area contributed by atoms with Gasteiger partial charge in [0.2, 0.25) is 0 Å². The molecule has 6 heteroatoms. The molecule has 0 radical (unpaired) electrons. The van der Waals surface area contributed by atoms with Gasteiger partial charge in [-0.25, -0.2) is 12.8 Å². The van der Waals surface area contributed by atoms with Crippen LogP contribution in [-0.4, -0.2) is 15.0 Å². The monoisotopic (exact) mass is 371 g/mol. The molecule has 0 aliphatic rings. The van der Waals surface area contributed by atoms with Gasteiger partial charge in [0.05, 0.1) is 10.6 Å². The van der Waals surface area contributed by atoms with Crippen LogP contribution in [-0.2, 0) is 10.0 Å².